The lowest BCUT2D eigenvalue weighted by atomic mass is 10.1. The fourth-order valence-electron chi connectivity index (χ4n) is 1.41. The number of esters is 1. The smallest absolute Gasteiger partial charge is 0.379 e. The number of benzene rings is 1. The zero-order chi connectivity index (χ0) is 11.5. The van der Waals surface area contributed by atoms with Gasteiger partial charge < -0.3 is 9.47 Å². The van der Waals surface area contributed by atoms with E-state index in [1.165, 1.54) is 0 Å². The van der Waals surface area contributed by atoms with Gasteiger partial charge in [0.15, 0.2) is 0 Å². The molecule has 0 aliphatic carbocycles. The van der Waals surface area contributed by atoms with Crippen molar-refractivity contribution in [1.29, 1.82) is 0 Å². The van der Waals surface area contributed by atoms with Crippen molar-refractivity contribution in [3.8, 4) is 5.75 Å². The summed E-state index contributed by atoms with van der Waals surface area (Å²) in [5.41, 5.74) is 1.22. The number of carbonyl (C=O) groups excluding carboxylic acids is 2. The van der Waals surface area contributed by atoms with Crippen LogP contribution in [0.25, 0.3) is 6.08 Å². The Labute approximate surface area is 92.5 Å². The molecule has 4 nitrogen and oxygen atoms in total. The molecule has 1 aliphatic heterocycles. The third kappa shape index (κ3) is 1.95. The number of hydrogen-bond acceptors (Lipinski definition) is 4. The van der Waals surface area contributed by atoms with Crippen molar-refractivity contribution in [1.82, 2.24) is 0 Å². The first-order valence-electron chi connectivity index (χ1n) is 4.77. The van der Waals surface area contributed by atoms with Crippen LogP contribution in [0.1, 0.15) is 5.56 Å². The van der Waals surface area contributed by atoms with E-state index in [0.29, 0.717) is 5.57 Å². The molecule has 1 saturated heterocycles. The largest absolute Gasteiger partial charge is 0.497 e. The number of ether oxygens (including phenoxy) is 2. The number of hydrogen-bond donors (Lipinski definition) is 0. The topological polar surface area (TPSA) is 52.6 Å². The number of Topliss-reactive ketones (excluding diaryl/α,β-unsaturated/α-hetero) is 1. The predicted molar refractivity (Wildman–Crippen MR) is 56.9 cm³/mol. The molecule has 0 spiro atoms. The zero-order valence-electron chi connectivity index (χ0n) is 8.73. The maximum Gasteiger partial charge on any atom is 0.379 e. The van der Waals surface area contributed by atoms with E-state index in [-0.39, 0.29) is 6.61 Å². The molecule has 2 rings (SSSR count). The Bertz CT molecular complexity index is 456. The van der Waals surface area contributed by atoms with Crippen molar-refractivity contribution in [2.75, 3.05) is 13.7 Å². The van der Waals surface area contributed by atoms with Gasteiger partial charge >= 0.3 is 5.97 Å². The Kier molecular flexibility index (Phi) is 2.72. The lowest BCUT2D eigenvalue weighted by Gasteiger charge is -1.99. The highest BCUT2D eigenvalue weighted by Crippen LogP contribution is 2.17. The standard InChI is InChI=1S/C12H10O4/c1-15-10-4-2-8(3-5-10)6-9-7-16-12(14)11(9)13/h2-6H,7H2,1H3. The molecule has 1 aromatic rings. The second-order valence-electron chi connectivity index (χ2n) is 3.35. The van der Waals surface area contributed by atoms with Crippen LogP contribution in [0, 0.1) is 0 Å². The number of ketones is 1. The first kappa shape index (κ1) is 10.4. The molecular formula is C12H10O4. The summed E-state index contributed by atoms with van der Waals surface area (Å²) in [7, 11) is 1.58. The van der Waals surface area contributed by atoms with Crippen molar-refractivity contribution in [3.63, 3.8) is 0 Å². The Morgan fingerprint density at radius 3 is 2.44 bits per heavy atom. The van der Waals surface area contributed by atoms with Crippen LogP contribution in [-0.2, 0) is 14.3 Å². The van der Waals surface area contributed by atoms with Crippen molar-refractivity contribution < 1.29 is 19.1 Å². The zero-order valence-corrected chi connectivity index (χ0v) is 8.73. The van der Waals surface area contributed by atoms with Gasteiger partial charge in [0.1, 0.15) is 12.4 Å². The maximum atomic E-state index is 11.3. The first-order valence-corrected chi connectivity index (χ1v) is 4.77. The van der Waals surface area contributed by atoms with E-state index in [1.807, 2.05) is 12.1 Å². The van der Waals surface area contributed by atoms with E-state index in [9.17, 15) is 9.59 Å². The minimum absolute atomic E-state index is 0.0592. The Balaban J connectivity index is 2.23. The van der Waals surface area contributed by atoms with Crippen LogP contribution in [0.3, 0.4) is 0 Å². The van der Waals surface area contributed by atoms with E-state index in [2.05, 4.69) is 4.74 Å². The van der Waals surface area contributed by atoms with Crippen LogP contribution >= 0.6 is 0 Å². The van der Waals surface area contributed by atoms with Crippen LogP contribution in [0.15, 0.2) is 29.8 Å². The Morgan fingerprint density at radius 2 is 1.94 bits per heavy atom. The van der Waals surface area contributed by atoms with Crippen LogP contribution in [-0.4, -0.2) is 25.5 Å². The van der Waals surface area contributed by atoms with Crippen LogP contribution in [0.4, 0.5) is 0 Å². The van der Waals surface area contributed by atoms with Gasteiger partial charge in [-0.2, -0.15) is 0 Å². The summed E-state index contributed by atoms with van der Waals surface area (Å²) in [5.74, 6) is -0.595. The number of carbonyl (C=O) groups is 2. The average molecular weight is 218 g/mol. The molecule has 1 aromatic carbocycles. The van der Waals surface area contributed by atoms with E-state index >= 15 is 0 Å². The van der Waals surface area contributed by atoms with Gasteiger partial charge in [0, 0.05) is 5.57 Å². The summed E-state index contributed by atoms with van der Waals surface area (Å²) in [4.78, 5) is 22.1. The van der Waals surface area contributed by atoms with Crippen molar-refractivity contribution in [2.45, 2.75) is 0 Å². The SMILES string of the molecule is COc1ccc(C=C2COC(=O)C2=O)cc1. The highest BCUT2D eigenvalue weighted by atomic mass is 16.5. The molecule has 0 bridgehead atoms. The van der Waals surface area contributed by atoms with E-state index < -0.39 is 11.8 Å². The molecular weight excluding hydrogens is 208 g/mol. The van der Waals surface area contributed by atoms with Gasteiger partial charge in [-0.3, -0.25) is 4.79 Å². The van der Waals surface area contributed by atoms with Gasteiger partial charge in [0.2, 0.25) is 0 Å². The fourth-order valence-corrected chi connectivity index (χ4v) is 1.41. The molecule has 0 radical (unpaired) electrons. The number of cyclic esters (lactones) is 1. The summed E-state index contributed by atoms with van der Waals surface area (Å²) in [5, 5.41) is 0. The molecule has 1 fully saturated rings. The summed E-state index contributed by atoms with van der Waals surface area (Å²) in [6.07, 6.45) is 1.65. The summed E-state index contributed by atoms with van der Waals surface area (Å²) < 4.78 is 9.62. The average Bonchev–Trinajstić information content (AvgIpc) is 2.62. The van der Waals surface area contributed by atoms with Crippen LogP contribution in [0.5, 0.6) is 5.75 Å². The van der Waals surface area contributed by atoms with Gasteiger partial charge in [0.25, 0.3) is 5.78 Å². The van der Waals surface area contributed by atoms with E-state index in [1.54, 1.807) is 25.3 Å². The van der Waals surface area contributed by atoms with E-state index in [0.717, 1.165) is 11.3 Å². The molecule has 0 aromatic heterocycles. The highest BCUT2D eigenvalue weighted by molar-refractivity contribution is 6.43. The summed E-state index contributed by atoms with van der Waals surface area (Å²) >= 11 is 0. The molecule has 16 heavy (non-hydrogen) atoms. The lowest BCUT2D eigenvalue weighted by molar-refractivity contribution is -0.146. The highest BCUT2D eigenvalue weighted by Gasteiger charge is 2.28. The van der Waals surface area contributed by atoms with Gasteiger partial charge in [-0.1, -0.05) is 12.1 Å². The second-order valence-corrected chi connectivity index (χ2v) is 3.35. The second kappa shape index (κ2) is 4.18. The van der Waals surface area contributed by atoms with Gasteiger partial charge in [-0.25, -0.2) is 4.79 Å². The third-order valence-corrected chi connectivity index (χ3v) is 2.29. The molecule has 0 unspecified atom stereocenters. The Morgan fingerprint density at radius 1 is 1.25 bits per heavy atom. The summed E-state index contributed by atoms with van der Waals surface area (Å²) in [6.45, 7) is 0.0592. The molecule has 1 aliphatic rings. The predicted octanol–water partition coefficient (Wildman–Crippen LogP) is 1.20. The normalized spacial score (nSPS) is 17.7. The van der Waals surface area contributed by atoms with Gasteiger partial charge in [0.05, 0.1) is 7.11 Å². The molecule has 1 heterocycles. The Hall–Kier alpha value is -2.10. The quantitative estimate of drug-likeness (QED) is 0.425. The minimum Gasteiger partial charge on any atom is -0.497 e. The summed E-state index contributed by atoms with van der Waals surface area (Å²) in [6, 6.07) is 7.19. The number of methoxy groups -OCH3 is 1. The molecule has 0 amide bonds. The van der Waals surface area contributed by atoms with Crippen molar-refractivity contribution in [2.24, 2.45) is 0 Å². The third-order valence-electron chi connectivity index (χ3n) is 2.29. The first-order chi connectivity index (χ1) is 7.70. The van der Waals surface area contributed by atoms with Gasteiger partial charge in [-0.05, 0) is 23.8 Å². The maximum absolute atomic E-state index is 11.3. The molecule has 82 valence electrons. The van der Waals surface area contributed by atoms with Crippen molar-refractivity contribution in [3.05, 3.63) is 35.4 Å². The minimum atomic E-state index is -0.778. The number of rotatable bonds is 2. The lowest BCUT2D eigenvalue weighted by Crippen LogP contribution is -2.06. The molecule has 0 N–H and O–H groups in total. The fraction of sp³-hybridized carbons (Fsp3) is 0.167. The van der Waals surface area contributed by atoms with Gasteiger partial charge in [-0.15, -0.1) is 0 Å². The van der Waals surface area contributed by atoms with Crippen LogP contribution < -0.4 is 4.74 Å². The van der Waals surface area contributed by atoms with Crippen molar-refractivity contribution >= 4 is 17.8 Å². The van der Waals surface area contributed by atoms with Crippen LogP contribution in [0.2, 0.25) is 0 Å². The molecule has 0 saturated carbocycles. The molecule has 0 atom stereocenters. The molecule has 4 heteroatoms. The monoisotopic (exact) mass is 218 g/mol. The van der Waals surface area contributed by atoms with E-state index in [4.69, 9.17) is 4.74 Å².